The molecule has 0 heterocycles. The van der Waals surface area contributed by atoms with Crippen LogP contribution in [0.2, 0.25) is 0 Å². The molecule has 0 rings (SSSR count). The molecule has 0 aromatic carbocycles. The minimum atomic E-state index is -2.14. The van der Waals surface area contributed by atoms with E-state index < -0.39 is 25.6 Å². The summed E-state index contributed by atoms with van der Waals surface area (Å²) in [4.78, 5) is 0. The fourth-order valence-electron chi connectivity index (χ4n) is 1.88. The number of aliphatic hydroxyl groups is 4. The molecule has 0 spiro atoms. The van der Waals surface area contributed by atoms with Crippen LogP contribution in [0.5, 0.6) is 0 Å². The van der Waals surface area contributed by atoms with Crippen LogP contribution in [0.1, 0.15) is 0 Å². The Morgan fingerprint density at radius 2 is 1.00 bits per heavy atom. The Kier molecular flexibility index (Phi) is 10.6. The SMILES string of the molecule is OC[P+](CC(O)CCl)(CC(O)CCl)CC(O)CCl. The molecule has 18 heavy (non-hydrogen) atoms. The number of alkyl halides is 3. The first-order valence-electron chi connectivity index (χ1n) is 5.61. The molecule has 0 fully saturated rings. The zero-order valence-electron chi connectivity index (χ0n) is 10.1. The van der Waals surface area contributed by atoms with E-state index in [1.54, 1.807) is 0 Å². The van der Waals surface area contributed by atoms with E-state index in [1.807, 2.05) is 0 Å². The van der Waals surface area contributed by atoms with Crippen LogP contribution in [0.25, 0.3) is 0 Å². The van der Waals surface area contributed by atoms with Crippen molar-refractivity contribution in [3.63, 3.8) is 0 Å². The first-order valence-corrected chi connectivity index (χ1v) is 9.74. The third kappa shape index (κ3) is 7.06. The van der Waals surface area contributed by atoms with Crippen LogP contribution in [-0.2, 0) is 0 Å². The van der Waals surface area contributed by atoms with Gasteiger partial charge in [-0.1, -0.05) is 0 Å². The van der Waals surface area contributed by atoms with E-state index in [0.29, 0.717) is 0 Å². The first kappa shape index (κ1) is 19.1. The molecule has 4 N–H and O–H groups in total. The molecule has 0 aromatic rings. The Balaban J connectivity index is 4.81. The minimum absolute atomic E-state index is 0.0513. The fraction of sp³-hybridized carbons (Fsp3) is 1.00. The predicted octanol–water partition coefficient (Wildman–Crippen LogP) is 0.753. The highest BCUT2D eigenvalue weighted by Gasteiger charge is 2.42. The van der Waals surface area contributed by atoms with E-state index in [9.17, 15) is 20.4 Å². The standard InChI is InChI=1S/C10H21Cl3O4P/c11-1-8(15)4-18(7-14,5-9(16)2-12)6-10(17)3-13/h8-10,14-17H,1-7H2/q+1. The summed E-state index contributed by atoms with van der Waals surface area (Å²) in [6.07, 6.45) is -1.62. The Morgan fingerprint density at radius 3 is 1.17 bits per heavy atom. The van der Waals surface area contributed by atoms with Crippen molar-refractivity contribution in [2.24, 2.45) is 0 Å². The maximum absolute atomic E-state index is 9.65. The quantitative estimate of drug-likeness (QED) is 0.349. The Bertz CT molecular complexity index is 192. The summed E-state index contributed by atoms with van der Waals surface area (Å²) >= 11 is 16.7. The van der Waals surface area contributed by atoms with Crippen molar-refractivity contribution in [1.29, 1.82) is 0 Å². The van der Waals surface area contributed by atoms with Gasteiger partial charge < -0.3 is 20.4 Å². The van der Waals surface area contributed by atoms with Crippen molar-refractivity contribution in [3.05, 3.63) is 0 Å². The van der Waals surface area contributed by atoms with Crippen LogP contribution in [0.4, 0.5) is 0 Å². The van der Waals surface area contributed by atoms with Gasteiger partial charge in [0, 0.05) is 7.26 Å². The highest BCUT2D eigenvalue weighted by Crippen LogP contribution is 2.59. The summed E-state index contributed by atoms with van der Waals surface area (Å²) in [7, 11) is -2.14. The Hall–Kier alpha value is 1.14. The molecule has 0 bridgehead atoms. The average molecular weight is 343 g/mol. The zero-order chi connectivity index (χ0) is 14.2. The molecule has 0 aromatic heterocycles. The van der Waals surface area contributed by atoms with Gasteiger partial charge in [0.2, 0.25) is 0 Å². The number of aliphatic hydroxyl groups excluding tert-OH is 4. The second-order valence-electron chi connectivity index (χ2n) is 4.46. The summed E-state index contributed by atoms with van der Waals surface area (Å²) < 4.78 is 0. The van der Waals surface area contributed by atoms with Gasteiger partial charge in [-0.3, -0.25) is 0 Å². The van der Waals surface area contributed by atoms with Crippen molar-refractivity contribution < 1.29 is 20.4 Å². The third-order valence-corrected chi connectivity index (χ3v) is 7.89. The van der Waals surface area contributed by atoms with E-state index in [0.717, 1.165) is 0 Å². The van der Waals surface area contributed by atoms with Gasteiger partial charge in [0.05, 0.1) is 36.1 Å². The van der Waals surface area contributed by atoms with Gasteiger partial charge >= 0.3 is 0 Å². The Morgan fingerprint density at radius 1 is 0.722 bits per heavy atom. The monoisotopic (exact) mass is 341 g/mol. The number of halogens is 3. The lowest BCUT2D eigenvalue weighted by Gasteiger charge is -2.29. The average Bonchev–Trinajstić information content (AvgIpc) is 2.37. The molecule has 0 aliphatic rings. The lowest BCUT2D eigenvalue weighted by Crippen LogP contribution is -2.32. The lowest BCUT2D eigenvalue weighted by molar-refractivity contribution is 0.205. The largest absolute Gasteiger partial charge is 0.388 e. The topological polar surface area (TPSA) is 80.9 Å². The van der Waals surface area contributed by atoms with Gasteiger partial charge in [0.25, 0.3) is 0 Å². The maximum Gasteiger partial charge on any atom is 0.154 e. The van der Waals surface area contributed by atoms with Crippen molar-refractivity contribution in [2.75, 3.05) is 42.5 Å². The molecule has 0 saturated carbocycles. The lowest BCUT2D eigenvalue weighted by atomic mass is 10.5. The van der Waals surface area contributed by atoms with Gasteiger partial charge in [-0.05, 0) is 0 Å². The van der Waals surface area contributed by atoms with Crippen molar-refractivity contribution in [1.82, 2.24) is 0 Å². The fourth-order valence-corrected chi connectivity index (χ4v) is 6.53. The molecule has 3 atom stereocenters. The van der Waals surface area contributed by atoms with Crippen LogP contribution in [0.15, 0.2) is 0 Å². The van der Waals surface area contributed by atoms with Crippen molar-refractivity contribution in [2.45, 2.75) is 18.3 Å². The first-order chi connectivity index (χ1) is 8.42. The summed E-state index contributed by atoms with van der Waals surface area (Å²) in [5.41, 5.74) is 0. The van der Waals surface area contributed by atoms with Gasteiger partial charge in [0.15, 0.2) is 6.35 Å². The smallest absolute Gasteiger partial charge is 0.154 e. The highest BCUT2D eigenvalue weighted by atomic mass is 35.5. The Labute approximate surface area is 123 Å². The van der Waals surface area contributed by atoms with Crippen LogP contribution < -0.4 is 0 Å². The van der Waals surface area contributed by atoms with E-state index in [4.69, 9.17) is 34.8 Å². The summed E-state index contributed by atoms with van der Waals surface area (Å²) in [6, 6.07) is 0. The third-order valence-electron chi connectivity index (χ3n) is 2.63. The normalized spacial score (nSPS) is 20.2. The van der Waals surface area contributed by atoms with E-state index in [-0.39, 0.29) is 42.5 Å². The second-order valence-corrected chi connectivity index (χ2v) is 9.44. The number of hydrogen-bond donors (Lipinski definition) is 4. The molecule has 0 radical (unpaired) electrons. The molecule has 110 valence electrons. The van der Waals surface area contributed by atoms with E-state index in [1.165, 1.54) is 0 Å². The second kappa shape index (κ2) is 9.95. The zero-order valence-corrected chi connectivity index (χ0v) is 13.2. The van der Waals surface area contributed by atoms with Gasteiger partial charge in [-0.25, -0.2) is 0 Å². The molecule has 0 amide bonds. The van der Waals surface area contributed by atoms with E-state index in [2.05, 4.69) is 0 Å². The molecule has 4 nitrogen and oxygen atoms in total. The van der Waals surface area contributed by atoms with E-state index >= 15 is 0 Å². The summed E-state index contributed by atoms with van der Waals surface area (Å²) in [5, 5.41) is 38.6. The minimum Gasteiger partial charge on any atom is -0.388 e. The maximum atomic E-state index is 9.65. The summed E-state index contributed by atoms with van der Waals surface area (Å²) in [6.45, 7) is 0. The van der Waals surface area contributed by atoms with Crippen molar-refractivity contribution >= 4 is 42.1 Å². The number of hydrogen-bond acceptors (Lipinski definition) is 4. The molecule has 0 aliphatic carbocycles. The summed E-state index contributed by atoms with van der Waals surface area (Å²) in [5.74, 6) is 0.154. The number of rotatable bonds is 10. The van der Waals surface area contributed by atoms with Crippen molar-refractivity contribution in [3.8, 4) is 0 Å². The van der Waals surface area contributed by atoms with Crippen LogP contribution >= 0.6 is 42.1 Å². The molecular formula is C10H21Cl3O4P+. The predicted molar refractivity (Wildman–Crippen MR) is 78.8 cm³/mol. The van der Waals surface area contributed by atoms with Crippen LogP contribution in [0.3, 0.4) is 0 Å². The molecule has 8 heteroatoms. The van der Waals surface area contributed by atoms with Crippen LogP contribution in [-0.4, -0.2) is 81.2 Å². The molecule has 3 unspecified atom stereocenters. The van der Waals surface area contributed by atoms with Gasteiger partial charge in [-0.2, -0.15) is 0 Å². The van der Waals surface area contributed by atoms with Gasteiger partial charge in [-0.15, -0.1) is 34.8 Å². The molecule has 0 saturated heterocycles. The highest BCUT2D eigenvalue weighted by molar-refractivity contribution is 7.75. The van der Waals surface area contributed by atoms with Gasteiger partial charge in [0.1, 0.15) is 18.3 Å². The molecular weight excluding hydrogens is 321 g/mol. The molecule has 0 aliphatic heterocycles. The van der Waals surface area contributed by atoms with Crippen LogP contribution in [0, 0.1) is 0 Å².